The van der Waals surface area contributed by atoms with Crippen LogP contribution in [-0.4, -0.2) is 18.3 Å². The zero-order valence-corrected chi connectivity index (χ0v) is 10.4. The van der Waals surface area contributed by atoms with E-state index >= 15 is 0 Å². The van der Waals surface area contributed by atoms with E-state index in [1.807, 2.05) is 6.92 Å². The van der Waals surface area contributed by atoms with Gasteiger partial charge in [-0.25, -0.2) is 0 Å². The van der Waals surface area contributed by atoms with Crippen LogP contribution in [-0.2, 0) is 10.9 Å². The summed E-state index contributed by atoms with van der Waals surface area (Å²) in [6, 6.07) is 3.32. The van der Waals surface area contributed by atoms with Gasteiger partial charge in [0.1, 0.15) is 6.10 Å². The van der Waals surface area contributed by atoms with E-state index in [0.717, 1.165) is 18.6 Å². The lowest BCUT2D eigenvalue weighted by Crippen LogP contribution is -2.11. The lowest BCUT2D eigenvalue weighted by molar-refractivity contribution is -0.137. The van der Waals surface area contributed by atoms with Crippen LogP contribution in [0.15, 0.2) is 18.2 Å². The molecule has 18 heavy (non-hydrogen) atoms. The molecule has 0 amide bonds. The second-order valence-corrected chi connectivity index (χ2v) is 4.16. The minimum atomic E-state index is -4.35. The van der Waals surface area contributed by atoms with Crippen LogP contribution in [0.3, 0.4) is 0 Å². The first-order chi connectivity index (χ1) is 8.36. The Hall–Kier alpha value is -1.07. The van der Waals surface area contributed by atoms with Crippen molar-refractivity contribution in [2.75, 3.05) is 13.2 Å². The molecule has 0 aromatic heterocycles. The maximum atomic E-state index is 12.5. The van der Waals surface area contributed by atoms with Crippen LogP contribution in [0.4, 0.5) is 13.2 Å². The van der Waals surface area contributed by atoms with E-state index in [0.29, 0.717) is 17.7 Å². The Kier molecular flexibility index (Phi) is 5.16. The lowest BCUT2D eigenvalue weighted by atomic mass is 10.0. The zero-order valence-electron chi connectivity index (χ0n) is 10.4. The molecule has 1 rings (SSSR count). The summed E-state index contributed by atoms with van der Waals surface area (Å²) in [4.78, 5) is 0. The third kappa shape index (κ3) is 3.99. The van der Waals surface area contributed by atoms with Crippen LogP contribution in [0.2, 0.25) is 0 Å². The van der Waals surface area contributed by atoms with Crippen molar-refractivity contribution in [1.82, 2.24) is 0 Å². The van der Waals surface area contributed by atoms with E-state index in [9.17, 15) is 18.3 Å². The minimum absolute atomic E-state index is 0.0973. The molecule has 0 aliphatic rings. The third-order valence-corrected chi connectivity index (χ3v) is 2.58. The molecular formula is C13H17F3O2. The molecule has 1 aromatic carbocycles. The quantitative estimate of drug-likeness (QED) is 0.823. The normalized spacial score (nSPS) is 13.7. The Morgan fingerprint density at radius 3 is 2.50 bits per heavy atom. The number of ether oxygens (including phenoxy) is 1. The molecule has 0 radical (unpaired) electrons. The summed E-state index contributed by atoms with van der Waals surface area (Å²) in [5, 5.41) is 9.82. The average molecular weight is 262 g/mol. The number of hydrogen-bond acceptors (Lipinski definition) is 2. The molecule has 1 atom stereocenters. The molecular weight excluding hydrogens is 245 g/mol. The fourth-order valence-electron chi connectivity index (χ4n) is 1.65. The van der Waals surface area contributed by atoms with E-state index in [1.165, 1.54) is 6.07 Å². The van der Waals surface area contributed by atoms with Gasteiger partial charge in [-0.05, 0) is 36.6 Å². The molecule has 5 heteroatoms. The van der Waals surface area contributed by atoms with E-state index in [1.54, 1.807) is 6.92 Å². The van der Waals surface area contributed by atoms with Gasteiger partial charge in [-0.2, -0.15) is 13.2 Å². The second kappa shape index (κ2) is 6.20. The van der Waals surface area contributed by atoms with Gasteiger partial charge in [0.25, 0.3) is 0 Å². The standard InChI is InChI=1S/C13H17F3O2/c1-3-6-18-8-12(17)11-5-4-10(7-9(11)2)13(14,15)16/h4-5,7,12,17H,3,6,8H2,1-2H3. The van der Waals surface area contributed by atoms with Crippen LogP contribution in [0.25, 0.3) is 0 Å². The van der Waals surface area contributed by atoms with Gasteiger partial charge in [0.2, 0.25) is 0 Å². The molecule has 0 fully saturated rings. The van der Waals surface area contributed by atoms with Gasteiger partial charge in [0, 0.05) is 6.61 Å². The predicted molar refractivity (Wildman–Crippen MR) is 62.3 cm³/mol. The summed E-state index contributed by atoms with van der Waals surface area (Å²) in [6.07, 6.45) is -4.41. The molecule has 0 aliphatic carbocycles. The highest BCUT2D eigenvalue weighted by molar-refractivity contribution is 5.33. The Bertz CT molecular complexity index is 388. The highest BCUT2D eigenvalue weighted by Gasteiger charge is 2.30. The van der Waals surface area contributed by atoms with Gasteiger partial charge in [0.05, 0.1) is 12.2 Å². The highest BCUT2D eigenvalue weighted by Crippen LogP contribution is 2.31. The summed E-state index contributed by atoms with van der Waals surface area (Å²) in [5.74, 6) is 0. The van der Waals surface area contributed by atoms with Gasteiger partial charge in [-0.15, -0.1) is 0 Å². The maximum Gasteiger partial charge on any atom is 0.416 e. The Labute approximate surface area is 104 Å². The Balaban J connectivity index is 2.79. The number of benzene rings is 1. The van der Waals surface area contributed by atoms with Crippen molar-refractivity contribution in [3.8, 4) is 0 Å². The number of aliphatic hydroxyl groups excluding tert-OH is 1. The fourth-order valence-corrected chi connectivity index (χ4v) is 1.65. The first-order valence-electron chi connectivity index (χ1n) is 5.79. The molecule has 0 heterocycles. The van der Waals surface area contributed by atoms with Crippen molar-refractivity contribution < 1.29 is 23.0 Å². The largest absolute Gasteiger partial charge is 0.416 e. The van der Waals surface area contributed by atoms with E-state index < -0.39 is 17.8 Å². The SMILES string of the molecule is CCCOCC(O)c1ccc(C(F)(F)F)cc1C. The van der Waals surface area contributed by atoms with Crippen LogP contribution in [0.1, 0.15) is 36.1 Å². The highest BCUT2D eigenvalue weighted by atomic mass is 19.4. The number of aryl methyl sites for hydroxylation is 1. The van der Waals surface area contributed by atoms with Crippen LogP contribution in [0, 0.1) is 6.92 Å². The fraction of sp³-hybridized carbons (Fsp3) is 0.538. The number of hydrogen-bond donors (Lipinski definition) is 1. The van der Waals surface area contributed by atoms with Gasteiger partial charge in [-0.3, -0.25) is 0 Å². The molecule has 0 spiro atoms. The average Bonchev–Trinajstić information content (AvgIpc) is 2.27. The second-order valence-electron chi connectivity index (χ2n) is 4.16. The van der Waals surface area contributed by atoms with Gasteiger partial charge in [0.15, 0.2) is 0 Å². The smallest absolute Gasteiger partial charge is 0.386 e. The molecule has 0 saturated carbocycles. The molecule has 0 bridgehead atoms. The number of halogens is 3. The maximum absolute atomic E-state index is 12.5. The Morgan fingerprint density at radius 2 is 2.00 bits per heavy atom. The van der Waals surface area contributed by atoms with Crippen molar-refractivity contribution in [2.24, 2.45) is 0 Å². The van der Waals surface area contributed by atoms with Crippen LogP contribution in [0.5, 0.6) is 0 Å². The molecule has 0 saturated heterocycles. The van der Waals surface area contributed by atoms with Gasteiger partial charge in [-0.1, -0.05) is 13.0 Å². The van der Waals surface area contributed by atoms with Crippen molar-refractivity contribution >= 4 is 0 Å². The monoisotopic (exact) mass is 262 g/mol. The summed E-state index contributed by atoms with van der Waals surface area (Å²) in [5.41, 5.74) is 0.182. The summed E-state index contributed by atoms with van der Waals surface area (Å²) in [6.45, 7) is 4.11. The first-order valence-corrected chi connectivity index (χ1v) is 5.79. The van der Waals surface area contributed by atoms with E-state index in [2.05, 4.69) is 0 Å². The van der Waals surface area contributed by atoms with Crippen molar-refractivity contribution in [3.63, 3.8) is 0 Å². The topological polar surface area (TPSA) is 29.5 Å². The summed E-state index contributed by atoms with van der Waals surface area (Å²) < 4.78 is 42.6. The molecule has 0 aliphatic heterocycles. The molecule has 1 unspecified atom stereocenters. The van der Waals surface area contributed by atoms with Crippen LogP contribution >= 0.6 is 0 Å². The molecule has 1 N–H and O–H groups in total. The number of rotatable bonds is 5. The lowest BCUT2D eigenvalue weighted by Gasteiger charge is -2.16. The first kappa shape index (κ1) is 15.0. The molecule has 1 aromatic rings. The van der Waals surface area contributed by atoms with Gasteiger partial charge >= 0.3 is 6.18 Å². The Morgan fingerprint density at radius 1 is 1.33 bits per heavy atom. The molecule has 102 valence electrons. The number of alkyl halides is 3. The number of aliphatic hydroxyl groups is 1. The molecule has 2 nitrogen and oxygen atoms in total. The summed E-state index contributed by atoms with van der Waals surface area (Å²) >= 11 is 0. The van der Waals surface area contributed by atoms with E-state index in [-0.39, 0.29) is 6.61 Å². The predicted octanol–water partition coefficient (Wildman–Crippen LogP) is 3.47. The van der Waals surface area contributed by atoms with Crippen molar-refractivity contribution in [3.05, 3.63) is 34.9 Å². The minimum Gasteiger partial charge on any atom is -0.386 e. The van der Waals surface area contributed by atoms with Crippen LogP contribution < -0.4 is 0 Å². The van der Waals surface area contributed by atoms with Crippen molar-refractivity contribution in [1.29, 1.82) is 0 Å². The third-order valence-electron chi connectivity index (χ3n) is 2.58. The summed E-state index contributed by atoms with van der Waals surface area (Å²) in [7, 11) is 0. The van der Waals surface area contributed by atoms with E-state index in [4.69, 9.17) is 4.74 Å². The van der Waals surface area contributed by atoms with Crippen molar-refractivity contribution in [2.45, 2.75) is 32.5 Å². The zero-order chi connectivity index (χ0) is 13.8. The van der Waals surface area contributed by atoms with Gasteiger partial charge < -0.3 is 9.84 Å².